The number of rotatable bonds is 3. The summed E-state index contributed by atoms with van der Waals surface area (Å²) < 4.78 is 0. The van der Waals surface area contributed by atoms with Crippen LogP contribution in [0.5, 0.6) is 0 Å². The van der Waals surface area contributed by atoms with Crippen molar-refractivity contribution < 1.29 is 4.79 Å². The number of nitrogens with zero attached hydrogens (tertiary/aromatic N) is 1. The van der Waals surface area contributed by atoms with E-state index in [9.17, 15) is 4.79 Å². The molecular weight excluding hydrogens is 174 g/mol. The first-order chi connectivity index (χ1) is 5.72. The van der Waals surface area contributed by atoms with Gasteiger partial charge < -0.3 is 0 Å². The van der Waals surface area contributed by atoms with E-state index in [1.165, 1.54) is 0 Å². The summed E-state index contributed by atoms with van der Waals surface area (Å²) in [6.45, 7) is 1.90. The van der Waals surface area contributed by atoms with Crippen molar-refractivity contribution in [3.63, 3.8) is 0 Å². The Morgan fingerprint density at radius 2 is 2.42 bits per heavy atom. The van der Waals surface area contributed by atoms with Gasteiger partial charge in [0.05, 0.1) is 5.88 Å². The third-order valence-corrected chi connectivity index (χ3v) is 1.81. The lowest BCUT2D eigenvalue weighted by Gasteiger charge is -1.98. The number of aromatic nitrogens is 1. The average molecular weight is 184 g/mol. The van der Waals surface area contributed by atoms with Crippen molar-refractivity contribution in [2.75, 3.05) is 5.88 Å². The second kappa shape index (κ2) is 4.21. The number of aryl methyl sites for hydroxylation is 1. The van der Waals surface area contributed by atoms with E-state index in [1.807, 2.05) is 19.1 Å². The van der Waals surface area contributed by atoms with Crippen LogP contribution >= 0.6 is 11.6 Å². The van der Waals surface area contributed by atoms with Gasteiger partial charge in [0.2, 0.25) is 0 Å². The fourth-order valence-electron chi connectivity index (χ4n) is 0.989. The molecule has 0 bridgehead atoms. The van der Waals surface area contributed by atoms with Gasteiger partial charge in [-0.1, -0.05) is 0 Å². The molecule has 0 aliphatic rings. The number of alkyl halides is 1. The van der Waals surface area contributed by atoms with Crippen LogP contribution in [0, 0.1) is 6.92 Å². The van der Waals surface area contributed by atoms with Crippen molar-refractivity contribution >= 4 is 17.4 Å². The summed E-state index contributed by atoms with van der Waals surface area (Å²) in [5.41, 5.74) is 1.91. The van der Waals surface area contributed by atoms with Crippen LogP contribution in [0.15, 0.2) is 18.3 Å². The third kappa shape index (κ3) is 2.62. The van der Waals surface area contributed by atoms with Crippen LogP contribution in [0.4, 0.5) is 0 Å². The van der Waals surface area contributed by atoms with Gasteiger partial charge in [-0.25, -0.2) is 0 Å². The number of pyridine rings is 1. The zero-order valence-electron chi connectivity index (χ0n) is 6.88. The van der Waals surface area contributed by atoms with E-state index in [2.05, 4.69) is 4.98 Å². The Labute approximate surface area is 76.6 Å². The Bertz CT molecular complexity index is 286. The predicted octanol–water partition coefficient (Wildman–Crippen LogP) is 1.74. The topological polar surface area (TPSA) is 30.0 Å². The van der Waals surface area contributed by atoms with E-state index < -0.39 is 0 Å². The van der Waals surface area contributed by atoms with E-state index in [4.69, 9.17) is 11.6 Å². The Morgan fingerprint density at radius 3 is 3.00 bits per heavy atom. The third-order valence-electron chi connectivity index (χ3n) is 1.51. The second-order valence-corrected chi connectivity index (χ2v) is 2.92. The highest BCUT2D eigenvalue weighted by molar-refractivity contribution is 6.27. The maximum absolute atomic E-state index is 10.9. The minimum absolute atomic E-state index is 0.0438. The van der Waals surface area contributed by atoms with Crippen molar-refractivity contribution in [2.45, 2.75) is 13.3 Å². The highest BCUT2D eigenvalue weighted by atomic mass is 35.5. The standard InChI is InChI=1S/C9H10ClNO/c1-7-4-8(2-3-11-7)5-9(12)6-10/h2-4H,5-6H2,1H3. The molecule has 0 spiro atoms. The lowest BCUT2D eigenvalue weighted by atomic mass is 10.1. The van der Waals surface area contributed by atoms with Gasteiger partial charge in [-0.15, -0.1) is 11.6 Å². The molecule has 0 aromatic carbocycles. The van der Waals surface area contributed by atoms with E-state index in [0.29, 0.717) is 6.42 Å². The molecule has 0 saturated heterocycles. The summed E-state index contributed by atoms with van der Waals surface area (Å²) in [4.78, 5) is 15.0. The number of Topliss-reactive ketones (excluding diaryl/α,β-unsaturated/α-hetero) is 1. The summed E-state index contributed by atoms with van der Waals surface area (Å²) in [7, 11) is 0. The molecule has 1 rings (SSSR count). The molecule has 0 atom stereocenters. The molecule has 1 aromatic heterocycles. The van der Waals surface area contributed by atoms with Crippen LogP contribution in [-0.4, -0.2) is 16.6 Å². The van der Waals surface area contributed by atoms with Gasteiger partial charge in [-0.05, 0) is 24.6 Å². The van der Waals surface area contributed by atoms with Crippen LogP contribution in [0.3, 0.4) is 0 Å². The molecular formula is C9H10ClNO. The van der Waals surface area contributed by atoms with Crippen molar-refractivity contribution in [1.82, 2.24) is 4.98 Å². The van der Waals surface area contributed by atoms with Crippen LogP contribution in [0.1, 0.15) is 11.3 Å². The van der Waals surface area contributed by atoms with Crippen LogP contribution in [0.25, 0.3) is 0 Å². The minimum Gasteiger partial charge on any atom is -0.298 e. The number of hydrogen-bond donors (Lipinski definition) is 0. The number of halogens is 1. The van der Waals surface area contributed by atoms with E-state index >= 15 is 0 Å². The van der Waals surface area contributed by atoms with Crippen LogP contribution < -0.4 is 0 Å². The normalized spacial score (nSPS) is 9.83. The van der Waals surface area contributed by atoms with Gasteiger partial charge in [-0.2, -0.15) is 0 Å². The summed E-state index contributed by atoms with van der Waals surface area (Å²) in [5, 5.41) is 0. The summed E-state index contributed by atoms with van der Waals surface area (Å²) in [6, 6.07) is 3.72. The number of carbonyl (C=O) groups excluding carboxylic acids is 1. The molecule has 0 unspecified atom stereocenters. The number of carbonyl (C=O) groups is 1. The molecule has 12 heavy (non-hydrogen) atoms. The fraction of sp³-hybridized carbons (Fsp3) is 0.333. The Morgan fingerprint density at radius 1 is 1.67 bits per heavy atom. The first kappa shape index (κ1) is 9.20. The van der Waals surface area contributed by atoms with Gasteiger partial charge in [0.25, 0.3) is 0 Å². The Hall–Kier alpha value is -0.890. The molecule has 0 fully saturated rings. The predicted molar refractivity (Wildman–Crippen MR) is 48.4 cm³/mol. The molecule has 0 saturated carbocycles. The van der Waals surface area contributed by atoms with E-state index in [0.717, 1.165) is 11.3 Å². The highest BCUT2D eigenvalue weighted by Gasteiger charge is 2.01. The zero-order valence-corrected chi connectivity index (χ0v) is 7.64. The first-order valence-electron chi connectivity index (χ1n) is 3.71. The van der Waals surface area contributed by atoms with Gasteiger partial charge in [0, 0.05) is 18.3 Å². The largest absolute Gasteiger partial charge is 0.298 e. The molecule has 0 amide bonds. The first-order valence-corrected chi connectivity index (χ1v) is 4.25. The number of hydrogen-bond acceptors (Lipinski definition) is 2. The maximum atomic E-state index is 10.9. The van der Waals surface area contributed by atoms with Gasteiger partial charge >= 0.3 is 0 Å². The molecule has 3 heteroatoms. The molecule has 0 aliphatic heterocycles. The molecule has 0 aliphatic carbocycles. The minimum atomic E-state index is 0.0438. The molecule has 1 aromatic rings. The average Bonchev–Trinajstić information content (AvgIpc) is 2.04. The summed E-state index contributed by atoms with van der Waals surface area (Å²) in [6.07, 6.45) is 2.11. The molecule has 0 N–H and O–H groups in total. The van der Waals surface area contributed by atoms with Crippen LogP contribution in [-0.2, 0) is 11.2 Å². The van der Waals surface area contributed by atoms with Gasteiger partial charge in [-0.3, -0.25) is 9.78 Å². The van der Waals surface area contributed by atoms with Crippen molar-refractivity contribution in [1.29, 1.82) is 0 Å². The lowest BCUT2D eigenvalue weighted by Crippen LogP contribution is -2.03. The van der Waals surface area contributed by atoms with Crippen molar-refractivity contribution in [2.24, 2.45) is 0 Å². The van der Waals surface area contributed by atoms with Gasteiger partial charge in [0.15, 0.2) is 5.78 Å². The zero-order chi connectivity index (χ0) is 8.97. The summed E-state index contributed by atoms with van der Waals surface area (Å²) >= 11 is 5.38. The van der Waals surface area contributed by atoms with E-state index in [-0.39, 0.29) is 11.7 Å². The van der Waals surface area contributed by atoms with Crippen molar-refractivity contribution in [3.8, 4) is 0 Å². The smallest absolute Gasteiger partial charge is 0.151 e. The second-order valence-electron chi connectivity index (χ2n) is 2.65. The Kier molecular flexibility index (Phi) is 3.23. The number of ketones is 1. The molecule has 2 nitrogen and oxygen atoms in total. The highest BCUT2D eigenvalue weighted by Crippen LogP contribution is 2.02. The Balaban J connectivity index is 2.69. The SMILES string of the molecule is Cc1cc(CC(=O)CCl)ccn1. The van der Waals surface area contributed by atoms with Crippen molar-refractivity contribution in [3.05, 3.63) is 29.6 Å². The van der Waals surface area contributed by atoms with Gasteiger partial charge in [0.1, 0.15) is 0 Å². The lowest BCUT2D eigenvalue weighted by molar-refractivity contribution is -0.116. The molecule has 64 valence electrons. The quantitative estimate of drug-likeness (QED) is 0.669. The van der Waals surface area contributed by atoms with E-state index in [1.54, 1.807) is 6.20 Å². The maximum Gasteiger partial charge on any atom is 0.151 e. The van der Waals surface area contributed by atoms with Crippen LogP contribution in [0.2, 0.25) is 0 Å². The molecule has 0 radical (unpaired) electrons. The summed E-state index contributed by atoms with van der Waals surface area (Å²) in [5.74, 6) is 0.128. The monoisotopic (exact) mass is 183 g/mol. The molecule has 1 heterocycles. The fourth-order valence-corrected chi connectivity index (χ4v) is 1.08.